The van der Waals surface area contributed by atoms with Crippen molar-refractivity contribution >= 4 is 11.8 Å². The van der Waals surface area contributed by atoms with Gasteiger partial charge >= 0.3 is 0 Å². The number of rotatable bonds is 3. The van der Waals surface area contributed by atoms with E-state index in [-0.39, 0.29) is 17.9 Å². The molecule has 0 spiro atoms. The van der Waals surface area contributed by atoms with Crippen LogP contribution in [0.3, 0.4) is 0 Å². The molecular formula is C15H24N2O3. The molecule has 3 rings (SSSR count). The Labute approximate surface area is 120 Å². The van der Waals surface area contributed by atoms with Gasteiger partial charge in [0.25, 0.3) is 0 Å². The highest BCUT2D eigenvalue weighted by molar-refractivity contribution is 6.02. The fourth-order valence-corrected chi connectivity index (χ4v) is 3.45. The lowest BCUT2D eigenvalue weighted by atomic mass is 9.84. The summed E-state index contributed by atoms with van der Waals surface area (Å²) in [6.07, 6.45) is 4.16. The van der Waals surface area contributed by atoms with Crippen molar-refractivity contribution in [3.63, 3.8) is 0 Å². The zero-order valence-corrected chi connectivity index (χ0v) is 12.6. The van der Waals surface area contributed by atoms with Crippen LogP contribution in [-0.2, 0) is 14.3 Å². The van der Waals surface area contributed by atoms with E-state index >= 15 is 0 Å². The van der Waals surface area contributed by atoms with Crippen LogP contribution >= 0.6 is 0 Å². The zero-order valence-electron chi connectivity index (χ0n) is 12.6. The van der Waals surface area contributed by atoms with Crippen LogP contribution in [0.2, 0.25) is 0 Å². The Balaban J connectivity index is 1.89. The van der Waals surface area contributed by atoms with Gasteiger partial charge in [-0.25, -0.2) is 0 Å². The van der Waals surface area contributed by atoms with Gasteiger partial charge in [0, 0.05) is 13.2 Å². The van der Waals surface area contributed by atoms with Crippen LogP contribution in [0.5, 0.6) is 0 Å². The molecule has 2 heterocycles. The number of hydrogen-bond acceptors (Lipinski definition) is 3. The highest BCUT2D eigenvalue weighted by atomic mass is 16.5. The molecule has 112 valence electrons. The lowest BCUT2D eigenvalue weighted by Gasteiger charge is -2.50. The van der Waals surface area contributed by atoms with Crippen molar-refractivity contribution in [2.75, 3.05) is 13.2 Å². The van der Waals surface area contributed by atoms with Crippen LogP contribution in [-0.4, -0.2) is 47.0 Å². The Morgan fingerprint density at radius 2 is 1.95 bits per heavy atom. The van der Waals surface area contributed by atoms with E-state index in [1.54, 1.807) is 18.7 Å². The Morgan fingerprint density at radius 1 is 1.25 bits per heavy atom. The average Bonchev–Trinajstić information content (AvgIpc) is 3.11. The smallest absolute Gasteiger partial charge is 0.248 e. The number of hydrogen-bond donors (Lipinski definition) is 1. The number of ether oxygens (including phenoxy) is 1. The molecular weight excluding hydrogens is 256 g/mol. The SMILES string of the molecule is CC1(C)NC(=O)C(C)(C2CC2)N(CC2CCCO2)C1=O. The number of nitrogens with one attached hydrogen (secondary N) is 1. The van der Waals surface area contributed by atoms with Gasteiger partial charge in [0.05, 0.1) is 6.10 Å². The minimum Gasteiger partial charge on any atom is -0.376 e. The summed E-state index contributed by atoms with van der Waals surface area (Å²) in [6, 6.07) is 0. The highest BCUT2D eigenvalue weighted by Gasteiger charge is 2.59. The van der Waals surface area contributed by atoms with Gasteiger partial charge in [-0.05, 0) is 52.4 Å². The molecule has 20 heavy (non-hydrogen) atoms. The monoisotopic (exact) mass is 280 g/mol. The normalized spacial score (nSPS) is 37.1. The van der Waals surface area contributed by atoms with E-state index in [1.807, 2.05) is 6.92 Å². The second kappa shape index (κ2) is 4.45. The van der Waals surface area contributed by atoms with Crippen molar-refractivity contribution in [1.82, 2.24) is 10.2 Å². The maximum absolute atomic E-state index is 12.8. The molecule has 3 fully saturated rings. The van der Waals surface area contributed by atoms with Gasteiger partial charge in [-0.3, -0.25) is 9.59 Å². The third kappa shape index (κ3) is 2.03. The van der Waals surface area contributed by atoms with E-state index in [4.69, 9.17) is 4.74 Å². The number of carbonyl (C=O) groups is 2. The van der Waals surface area contributed by atoms with E-state index in [2.05, 4.69) is 5.32 Å². The first kappa shape index (κ1) is 13.9. The molecule has 1 aliphatic carbocycles. The molecule has 0 radical (unpaired) electrons. The summed E-state index contributed by atoms with van der Waals surface area (Å²) in [5.74, 6) is 0.300. The molecule has 1 N–H and O–H groups in total. The van der Waals surface area contributed by atoms with Gasteiger partial charge < -0.3 is 15.0 Å². The highest BCUT2D eigenvalue weighted by Crippen LogP contribution is 2.46. The second-order valence-corrected chi connectivity index (χ2v) is 7.05. The van der Waals surface area contributed by atoms with Crippen LogP contribution in [0.4, 0.5) is 0 Å². The van der Waals surface area contributed by atoms with Gasteiger partial charge in [0.2, 0.25) is 11.8 Å². The number of nitrogens with zero attached hydrogens (tertiary/aromatic N) is 1. The van der Waals surface area contributed by atoms with Gasteiger partial charge in [0.15, 0.2) is 0 Å². The maximum Gasteiger partial charge on any atom is 0.248 e. The van der Waals surface area contributed by atoms with Crippen LogP contribution in [0.25, 0.3) is 0 Å². The number of carbonyl (C=O) groups excluding carboxylic acids is 2. The van der Waals surface area contributed by atoms with Crippen LogP contribution < -0.4 is 5.32 Å². The Bertz CT molecular complexity index is 438. The lowest BCUT2D eigenvalue weighted by Crippen LogP contribution is -2.74. The van der Waals surface area contributed by atoms with Crippen molar-refractivity contribution in [1.29, 1.82) is 0 Å². The molecule has 2 saturated heterocycles. The third-order valence-corrected chi connectivity index (χ3v) is 5.01. The molecule has 5 heteroatoms. The molecule has 5 nitrogen and oxygen atoms in total. The maximum atomic E-state index is 12.8. The van der Waals surface area contributed by atoms with E-state index in [0.717, 1.165) is 32.3 Å². The zero-order chi connectivity index (χ0) is 14.5. The standard InChI is InChI=1S/C15H24N2O3/c1-14(2)13(19)17(9-11-5-4-8-20-11)15(3,10-6-7-10)12(18)16-14/h10-11H,4-9H2,1-3H3,(H,16,18). The van der Waals surface area contributed by atoms with E-state index in [1.165, 1.54) is 0 Å². The predicted molar refractivity (Wildman–Crippen MR) is 74.0 cm³/mol. The molecule has 2 aliphatic heterocycles. The largest absolute Gasteiger partial charge is 0.376 e. The van der Waals surface area contributed by atoms with Crippen molar-refractivity contribution in [3.05, 3.63) is 0 Å². The van der Waals surface area contributed by atoms with Crippen LogP contribution in [0.15, 0.2) is 0 Å². The molecule has 2 amide bonds. The lowest BCUT2D eigenvalue weighted by molar-refractivity contribution is -0.164. The van der Waals surface area contributed by atoms with E-state index < -0.39 is 11.1 Å². The fraction of sp³-hybridized carbons (Fsp3) is 0.867. The van der Waals surface area contributed by atoms with Gasteiger partial charge in [-0.2, -0.15) is 0 Å². The Kier molecular flexibility index (Phi) is 3.08. The Morgan fingerprint density at radius 3 is 2.50 bits per heavy atom. The summed E-state index contributed by atoms with van der Waals surface area (Å²) in [4.78, 5) is 27.2. The van der Waals surface area contributed by atoms with Crippen molar-refractivity contribution in [2.24, 2.45) is 5.92 Å². The molecule has 0 aromatic rings. The van der Waals surface area contributed by atoms with Crippen molar-refractivity contribution in [2.45, 2.75) is 63.6 Å². The Hall–Kier alpha value is -1.10. The minimum atomic E-state index is -0.815. The summed E-state index contributed by atoms with van der Waals surface area (Å²) >= 11 is 0. The molecule has 0 aromatic carbocycles. The minimum absolute atomic E-state index is 0.0115. The first-order valence-electron chi connectivity index (χ1n) is 7.62. The van der Waals surface area contributed by atoms with E-state index in [0.29, 0.717) is 12.5 Å². The van der Waals surface area contributed by atoms with Gasteiger partial charge in [-0.15, -0.1) is 0 Å². The summed E-state index contributed by atoms with van der Waals surface area (Å²) < 4.78 is 5.68. The number of piperazine rings is 1. The third-order valence-electron chi connectivity index (χ3n) is 5.01. The quantitative estimate of drug-likeness (QED) is 0.841. The molecule has 0 aromatic heterocycles. The van der Waals surface area contributed by atoms with E-state index in [9.17, 15) is 9.59 Å². The molecule has 2 unspecified atom stereocenters. The topological polar surface area (TPSA) is 58.6 Å². The van der Waals surface area contributed by atoms with Crippen molar-refractivity contribution in [3.8, 4) is 0 Å². The van der Waals surface area contributed by atoms with Gasteiger partial charge in [-0.1, -0.05) is 0 Å². The molecule has 1 saturated carbocycles. The summed E-state index contributed by atoms with van der Waals surface area (Å²) in [6.45, 7) is 6.79. The predicted octanol–water partition coefficient (Wildman–Crippen LogP) is 1.07. The van der Waals surface area contributed by atoms with Crippen molar-refractivity contribution < 1.29 is 14.3 Å². The molecule has 3 aliphatic rings. The first-order chi connectivity index (χ1) is 9.35. The first-order valence-corrected chi connectivity index (χ1v) is 7.62. The summed E-state index contributed by atoms with van der Waals surface area (Å²) in [5.41, 5.74) is -1.51. The molecule has 0 bridgehead atoms. The second-order valence-electron chi connectivity index (χ2n) is 7.05. The van der Waals surface area contributed by atoms with Crippen LogP contribution in [0, 0.1) is 5.92 Å². The van der Waals surface area contributed by atoms with Gasteiger partial charge in [0.1, 0.15) is 11.1 Å². The number of amides is 2. The van der Waals surface area contributed by atoms with Crippen LogP contribution in [0.1, 0.15) is 46.5 Å². The average molecular weight is 280 g/mol. The molecule has 2 atom stereocenters. The summed E-state index contributed by atoms with van der Waals surface area (Å²) in [7, 11) is 0. The summed E-state index contributed by atoms with van der Waals surface area (Å²) in [5, 5.41) is 2.90. The fourth-order valence-electron chi connectivity index (χ4n) is 3.45.